The minimum atomic E-state index is -4.69. The van der Waals surface area contributed by atoms with Crippen LogP contribution in [0.1, 0.15) is 33.4 Å². The van der Waals surface area contributed by atoms with Crippen molar-refractivity contribution in [1.29, 1.82) is 0 Å². The molecule has 0 aliphatic rings. The van der Waals surface area contributed by atoms with E-state index in [-0.39, 0.29) is 65.8 Å². The van der Waals surface area contributed by atoms with E-state index in [1.54, 1.807) is 61.1 Å². The van der Waals surface area contributed by atoms with Gasteiger partial charge in [-0.15, -0.1) is 0 Å². The summed E-state index contributed by atoms with van der Waals surface area (Å²) in [6.07, 6.45) is -3.03. The number of carboxylic acid groups (broad SMARTS) is 1. The van der Waals surface area contributed by atoms with Gasteiger partial charge in [0.25, 0.3) is 0 Å². The molecule has 0 amide bonds. The number of carbonyl (C=O) groups is 2. The Kier molecular flexibility index (Phi) is 15.9. The number of esters is 1. The van der Waals surface area contributed by atoms with Crippen LogP contribution in [-0.2, 0) is 52.7 Å². The first-order valence-corrected chi connectivity index (χ1v) is 21.5. The molecule has 362 valence electrons. The Balaban J connectivity index is 0.000000209. The van der Waals surface area contributed by atoms with Crippen LogP contribution in [0.2, 0.25) is 0 Å². The molecule has 0 fully saturated rings. The van der Waals surface area contributed by atoms with Crippen molar-refractivity contribution < 1.29 is 64.0 Å². The summed E-state index contributed by atoms with van der Waals surface area (Å²) >= 11 is 0. The second-order valence-electron chi connectivity index (χ2n) is 15.8. The molecule has 2 heterocycles. The molecule has 71 heavy (non-hydrogen) atoms. The van der Waals surface area contributed by atoms with Crippen LogP contribution in [0.15, 0.2) is 170 Å². The second kappa shape index (κ2) is 22.4. The molecule has 0 aliphatic carbocycles. The van der Waals surface area contributed by atoms with E-state index < -0.39 is 41.1 Å². The summed E-state index contributed by atoms with van der Waals surface area (Å²) < 4.78 is 126. The van der Waals surface area contributed by atoms with Gasteiger partial charge in [0, 0.05) is 47.0 Å². The quantitative estimate of drug-likeness (QED) is 0.0848. The molecule has 6 aromatic carbocycles. The molecule has 0 saturated carbocycles. The summed E-state index contributed by atoms with van der Waals surface area (Å²) in [6.45, 7) is 0.0607. The van der Waals surface area contributed by atoms with E-state index in [9.17, 15) is 44.7 Å². The van der Waals surface area contributed by atoms with Crippen LogP contribution < -0.4 is 9.47 Å². The number of hydrogen-bond donors (Lipinski definition) is 1. The molecule has 0 spiro atoms. The first-order chi connectivity index (χ1) is 33.9. The van der Waals surface area contributed by atoms with Crippen molar-refractivity contribution in [1.82, 2.24) is 9.97 Å². The Labute approximate surface area is 401 Å². The van der Waals surface area contributed by atoms with Gasteiger partial charge in [0.05, 0.1) is 31.1 Å². The van der Waals surface area contributed by atoms with Gasteiger partial charge in [0.2, 0.25) is 0 Å². The Hall–Kier alpha value is -8.40. The normalized spacial score (nSPS) is 11.3. The lowest BCUT2D eigenvalue weighted by Gasteiger charge is -2.16. The molecule has 0 radical (unpaired) electrons. The van der Waals surface area contributed by atoms with Crippen molar-refractivity contribution in [2.24, 2.45) is 0 Å². The number of methoxy groups -OCH3 is 1. The van der Waals surface area contributed by atoms with Gasteiger partial charge in [0.15, 0.2) is 0 Å². The molecule has 0 bridgehead atoms. The highest BCUT2D eigenvalue weighted by atomic mass is 19.4. The molecule has 8 rings (SSSR count). The lowest BCUT2D eigenvalue weighted by atomic mass is 9.98. The number of benzene rings is 6. The summed E-state index contributed by atoms with van der Waals surface area (Å²) in [5.41, 5.74) is 3.23. The van der Waals surface area contributed by atoms with Gasteiger partial charge >= 0.3 is 24.3 Å². The molecule has 16 heteroatoms. The zero-order valence-electron chi connectivity index (χ0n) is 37.4. The van der Waals surface area contributed by atoms with E-state index in [0.29, 0.717) is 11.1 Å². The Morgan fingerprint density at radius 3 is 1.27 bits per heavy atom. The number of ether oxygens (including phenoxy) is 3. The molecular formula is C55H40F8N2O6. The van der Waals surface area contributed by atoms with Crippen molar-refractivity contribution in [2.45, 2.75) is 38.4 Å². The van der Waals surface area contributed by atoms with Crippen molar-refractivity contribution in [3.05, 3.63) is 215 Å². The Morgan fingerprint density at radius 2 is 0.887 bits per heavy atom. The fraction of sp³-hybridized carbons (Fsp3) is 0.127. The maximum Gasteiger partial charge on any atom is 0.417 e. The van der Waals surface area contributed by atoms with E-state index >= 15 is 0 Å². The predicted molar refractivity (Wildman–Crippen MR) is 249 cm³/mol. The van der Waals surface area contributed by atoms with Gasteiger partial charge < -0.3 is 19.3 Å². The lowest BCUT2D eigenvalue weighted by molar-refractivity contribution is -0.140. The maximum atomic E-state index is 14.1. The largest absolute Gasteiger partial charge is 0.489 e. The Bertz CT molecular complexity index is 3140. The van der Waals surface area contributed by atoms with Crippen molar-refractivity contribution in [3.63, 3.8) is 0 Å². The van der Waals surface area contributed by atoms with Crippen LogP contribution in [0.3, 0.4) is 0 Å². The minimum absolute atomic E-state index is 0.00654. The molecule has 0 saturated heterocycles. The highest BCUT2D eigenvalue weighted by Crippen LogP contribution is 2.41. The number of hydrogen-bond acceptors (Lipinski definition) is 7. The lowest BCUT2D eigenvalue weighted by Crippen LogP contribution is -2.08. The van der Waals surface area contributed by atoms with Crippen LogP contribution >= 0.6 is 0 Å². The number of rotatable bonds is 14. The standard InChI is InChI=1S/C28H21F4NO3.C27H19F4NO3/c1-35-27(34)13-19-12-21(16-33-15-19)20-8-6-18(7-9-20)17-36-22-10-11-23(25(14-22)28(30,31)32)24-4-2-3-5-26(24)29;28-25-4-2-1-3-23(25)22-10-9-21(13-24(22)27(29,30)31)35-16-17-5-7-19(8-6-17)20-11-18(12-26(33)34)14-32-15-20/h2-12,14-16H,13,17H2,1H3;1-11,13-15H,12,16H2,(H,33,34). The van der Waals surface area contributed by atoms with Crippen LogP contribution in [0.4, 0.5) is 35.1 Å². The van der Waals surface area contributed by atoms with E-state index in [4.69, 9.17) is 14.6 Å². The van der Waals surface area contributed by atoms with Crippen molar-refractivity contribution in [2.75, 3.05) is 7.11 Å². The number of alkyl halides is 6. The van der Waals surface area contributed by atoms with Gasteiger partial charge in [-0.25, -0.2) is 8.78 Å². The summed E-state index contributed by atoms with van der Waals surface area (Å²) in [6, 6.07) is 35.5. The fourth-order valence-electron chi connectivity index (χ4n) is 7.34. The molecule has 8 nitrogen and oxygen atoms in total. The summed E-state index contributed by atoms with van der Waals surface area (Å²) in [7, 11) is 1.32. The third kappa shape index (κ3) is 13.4. The SMILES string of the molecule is COC(=O)Cc1cncc(-c2ccc(COc3ccc(-c4ccccc4F)c(C(F)(F)F)c3)cc2)c1.O=C(O)Cc1cncc(-c2ccc(COc3ccc(-c4ccccc4F)c(C(F)(F)F)c3)cc2)c1. The summed E-state index contributed by atoms with van der Waals surface area (Å²) in [4.78, 5) is 30.6. The van der Waals surface area contributed by atoms with Crippen LogP contribution in [0.25, 0.3) is 44.5 Å². The second-order valence-corrected chi connectivity index (χ2v) is 15.8. The predicted octanol–water partition coefficient (Wildman–Crippen LogP) is 13.6. The third-order valence-electron chi connectivity index (χ3n) is 10.8. The summed E-state index contributed by atoms with van der Waals surface area (Å²) in [5.74, 6) is -2.76. The number of aromatic nitrogens is 2. The van der Waals surface area contributed by atoms with E-state index in [2.05, 4.69) is 14.7 Å². The van der Waals surface area contributed by atoms with Crippen molar-refractivity contribution >= 4 is 11.9 Å². The fourth-order valence-corrected chi connectivity index (χ4v) is 7.34. The highest BCUT2D eigenvalue weighted by Gasteiger charge is 2.36. The van der Waals surface area contributed by atoms with Crippen LogP contribution in [0.5, 0.6) is 11.5 Å². The average molecular weight is 977 g/mol. The van der Waals surface area contributed by atoms with Crippen LogP contribution in [0, 0.1) is 11.6 Å². The molecule has 1 N–H and O–H groups in total. The minimum Gasteiger partial charge on any atom is -0.489 e. The third-order valence-corrected chi connectivity index (χ3v) is 10.8. The number of aliphatic carboxylic acids is 1. The van der Waals surface area contributed by atoms with Gasteiger partial charge in [-0.05, 0) is 105 Å². The summed E-state index contributed by atoms with van der Waals surface area (Å²) in [5, 5.41) is 8.94. The molecule has 0 unspecified atom stereocenters. The Morgan fingerprint density at radius 1 is 0.479 bits per heavy atom. The molecule has 2 aromatic heterocycles. The number of nitrogens with zero attached hydrogens (tertiary/aromatic N) is 2. The smallest absolute Gasteiger partial charge is 0.417 e. The van der Waals surface area contributed by atoms with E-state index in [1.165, 1.54) is 74.0 Å². The molecule has 0 atom stereocenters. The van der Waals surface area contributed by atoms with Gasteiger partial charge in [-0.2, -0.15) is 26.3 Å². The van der Waals surface area contributed by atoms with Crippen LogP contribution in [-0.4, -0.2) is 34.1 Å². The molecule has 0 aliphatic heterocycles. The first kappa shape index (κ1) is 50.5. The maximum absolute atomic E-state index is 14.1. The van der Waals surface area contributed by atoms with Gasteiger partial charge in [0.1, 0.15) is 36.3 Å². The van der Waals surface area contributed by atoms with Gasteiger partial charge in [-0.1, -0.05) is 84.9 Å². The monoisotopic (exact) mass is 976 g/mol. The van der Waals surface area contributed by atoms with E-state index in [0.717, 1.165) is 57.6 Å². The molecule has 8 aromatic rings. The topological polar surface area (TPSA) is 108 Å². The number of halogens is 8. The van der Waals surface area contributed by atoms with Crippen molar-refractivity contribution in [3.8, 4) is 56.0 Å². The van der Waals surface area contributed by atoms with E-state index in [1.807, 2.05) is 18.2 Å². The van der Waals surface area contributed by atoms with Gasteiger partial charge in [-0.3, -0.25) is 19.6 Å². The molecular weight excluding hydrogens is 937 g/mol. The zero-order valence-corrected chi connectivity index (χ0v) is 37.4. The zero-order chi connectivity index (χ0) is 50.7. The number of pyridine rings is 2. The number of carboxylic acids is 1. The highest BCUT2D eigenvalue weighted by molar-refractivity contribution is 5.74. The first-order valence-electron chi connectivity index (χ1n) is 21.5. The number of carbonyl (C=O) groups excluding carboxylic acids is 1. The average Bonchev–Trinajstić information content (AvgIpc) is 3.35.